The molecule has 0 saturated carbocycles. The number of amides is 1. The summed E-state index contributed by atoms with van der Waals surface area (Å²) in [6.07, 6.45) is 2.73. The normalized spacial score (nSPS) is 9.12. The topological polar surface area (TPSA) is 29.1 Å². The number of thioether (sulfide) groups is 1. The highest BCUT2D eigenvalue weighted by molar-refractivity contribution is 7.98. The van der Waals surface area contributed by atoms with Crippen LogP contribution in [0.5, 0.6) is 0 Å². The Morgan fingerprint density at radius 1 is 1.50 bits per heavy atom. The smallest absolute Gasteiger partial charge is 0.216 e. The first-order chi connectivity index (χ1) is 7.72. The minimum absolute atomic E-state index is 0.00817. The van der Waals surface area contributed by atoms with Gasteiger partial charge in [-0.25, -0.2) is 0 Å². The number of carbonyl (C=O) groups is 1. The van der Waals surface area contributed by atoms with Crippen LogP contribution in [-0.2, 0) is 4.79 Å². The van der Waals surface area contributed by atoms with Crippen LogP contribution in [0.25, 0.3) is 0 Å². The van der Waals surface area contributed by atoms with Crippen molar-refractivity contribution in [3.8, 4) is 11.8 Å². The predicted molar refractivity (Wildman–Crippen MR) is 68.4 cm³/mol. The maximum absolute atomic E-state index is 10.6. The van der Waals surface area contributed by atoms with Crippen molar-refractivity contribution in [2.24, 2.45) is 0 Å². The summed E-state index contributed by atoms with van der Waals surface area (Å²) in [6, 6.07) is 8.12. The molecule has 0 fully saturated rings. The second-order valence-corrected chi connectivity index (χ2v) is 4.15. The van der Waals surface area contributed by atoms with Gasteiger partial charge in [0.25, 0.3) is 0 Å². The summed E-state index contributed by atoms with van der Waals surface area (Å²) in [5.74, 6) is 6.10. The van der Waals surface area contributed by atoms with Gasteiger partial charge in [-0.2, -0.15) is 0 Å². The molecule has 16 heavy (non-hydrogen) atoms. The number of hydrogen-bond acceptors (Lipinski definition) is 2. The van der Waals surface area contributed by atoms with Gasteiger partial charge in [-0.05, 0) is 24.5 Å². The minimum Gasteiger partial charge on any atom is -0.355 e. The van der Waals surface area contributed by atoms with Crippen molar-refractivity contribution < 1.29 is 4.79 Å². The first-order valence-electron chi connectivity index (χ1n) is 5.09. The number of carbonyl (C=O) groups excluding carboxylic acids is 1. The van der Waals surface area contributed by atoms with E-state index in [-0.39, 0.29) is 5.91 Å². The molecule has 0 aliphatic rings. The van der Waals surface area contributed by atoms with Crippen LogP contribution in [0.4, 0.5) is 0 Å². The van der Waals surface area contributed by atoms with Crippen LogP contribution >= 0.6 is 11.8 Å². The molecule has 1 aromatic rings. The summed E-state index contributed by atoms with van der Waals surface area (Å²) < 4.78 is 0. The van der Waals surface area contributed by atoms with Crippen molar-refractivity contribution in [1.82, 2.24) is 5.32 Å². The van der Waals surface area contributed by atoms with Crippen molar-refractivity contribution in [2.75, 3.05) is 12.8 Å². The van der Waals surface area contributed by atoms with Gasteiger partial charge < -0.3 is 5.32 Å². The molecule has 1 N–H and O–H groups in total. The summed E-state index contributed by atoms with van der Waals surface area (Å²) >= 11 is 1.71. The monoisotopic (exact) mass is 233 g/mol. The van der Waals surface area contributed by atoms with E-state index in [0.29, 0.717) is 13.0 Å². The minimum atomic E-state index is -0.00817. The zero-order valence-electron chi connectivity index (χ0n) is 9.54. The van der Waals surface area contributed by atoms with Gasteiger partial charge >= 0.3 is 0 Å². The quantitative estimate of drug-likeness (QED) is 0.493. The first-order valence-corrected chi connectivity index (χ1v) is 6.32. The molecular formula is C13H15NOS. The Bertz CT molecular complexity index is 417. The molecular weight excluding hydrogens is 218 g/mol. The molecule has 0 spiro atoms. The Balaban J connectivity index is 2.46. The molecule has 0 atom stereocenters. The third-order valence-corrected chi connectivity index (χ3v) is 2.65. The van der Waals surface area contributed by atoms with Gasteiger partial charge in [-0.3, -0.25) is 4.79 Å². The van der Waals surface area contributed by atoms with E-state index in [4.69, 9.17) is 0 Å². The number of benzene rings is 1. The van der Waals surface area contributed by atoms with E-state index in [2.05, 4.69) is 29.3 Å². The lowest BCUT2D eigenvalue weighted by Crippen LogP contribution is -2.20. The van der Waals surface area contributed by atoms with E-state index < -0.39 is 0 Å². The van der Waals surface area contributed by atoms with Crippen molar-refractivity contribution in [1.29, 1.82) is 0 Å². The van der Waals surface area contributed by atoms with E-state index in [1.807, 2.05) is 18.4 Å². The average molecular weight is 233 g/mol. The van der Waals surface area contributed by atoms with Gasteiger partial charge in [0.05, 0.1) is 0 Å². The van der Waals surface area contributed by atoms with Crippen LogP contribution in [0.15, 0.2) is 29.2 Å². The molecule has 0 aromatic heterocycles. The number of rotatable bonds is 3. The van der Waals surface area contributed by atoms with Crippen LogP contribution in [0.3, 0.4) is 0 Å². The predicted octanol–water partition coefficient (Wildman–Crippen LogP) is 2.29. The summed E-state index contributed by atoms with van der Waals surface area (Å²) in [7, 11) is 0. The molecule has 0 heterocycles. The Morgan fingerprint density at radius 2 is 2.31 bits per heavy atom. The Labute approximate surface area is 101 Å². The molecule has 0 aliphatic carbocycles. The van der Waals surface area contributed by atoms with Gasteiger partial charge in [-0.15, -0.1) is 11.8 Å². The van der Waals surface area contributed by atoms with Crippen LogP contribution < -0.4 is 5.32 Å². The van der Waals surface area contributed by atoms with Crippen molar-refractivity contribution in [2.45, 2.75) is 18.2 Å². The largest absolute Gasteiger partial charge is 0.355 e. The lowest BCUT2D eigenvalue weighted by molar-refractivity contribution is -0.118. The Kier molecular flexibility index (Phi) is 5.52. The highest BCUT2D eigenvalue weighted by Gasteiger charge is 1.90. The zero-order valence-corrected chi connectivity index (χ0v) is 10.4. The van der Waals surface area contributed by atoms with Gasteiger partial charge in [-0.1, -0.05) is 17.9 Å². The lowest BCUT2D eigenvalue weighted by atomic mass is 10.2. The van der Waals surface area contributed by atoms with E-state index in [0.717, 1.165) is 5.56 Å². The first kappa shape index (κ1) is 12.7. The third kappa shape index (κ3) is 4.90. The molecule has 0 radical (unpaired) electrons. The van der Waals surface area contributed by atoms with Gasteiger partial charge in [0.1, 0.15) is 0 Å². The maximum Gasteiger partial charge on any atom is 0.216 e. The molecule has 1 aromatic carbocycles. The summed E-state index contributed by atoms with van der Waals surface area (Å²) in [5.41, 5.74) is 1.02. The van der Waals surface area contributed by atoms with Crippen molar-refractivity contribution >= 4 is 17.7 Å². The second kappa shape index (κ2) is 6.97. The Hall–Kier alpha value is -1.40. The van der Waals surface area contributed by atoms with Crippen molar-refractivity contribution in [3.63, 3.8) is 0 Å². The summed E-state index contributed by atoms with van der Waals surface area (Å²) in [5, 5.41) is 2.71. The lowest BCUT2D eigenvalue weighted by Gasteiger charge is -1.96. The molecule has 0 bridgehead atoms. The van der Waals surface area contributed by atoms with Crippen LogP contribution in [0, 0.1) is 11.8 Å². The Morgan fingerprint density at radius 3 is 3.00 bits per heavy atom. The van der Waals surface area contributed by atoms with Gasteiger partial charge in [0.2, 0.25) is 5.91 Å². The molecule has 2 nitrogen and oxygen atoms in total. The SMILES string of the molecule is CSc1cccc(C#CCCNC(C)=O)c1. The standard InChI is InChI=1S/C13H15NOS/c1-11(15)14-9-4-3-6-12-7-5-8-13(10-12)16-2/h5,7-8,10H,4,9H2,1-2H3,(H,14,15). The molecule has 3 heteroatoms. The summed E-state index contributed by atoms with van der Waals surface area (Å²) in [6.45, 7) is 2.12. The van der Waals surface area contributed by atoms with Gasteiger partial charge in [0.15, 0.2) is 0 Å². The van der Waals surface area contributed by atoms with E-state index in [1.165, 1.54) is 11.8 Å². The third-order valence-electron chi connectivity index (χ3n) is 1.93. The van der Waals surface area contributed by atoms with Crippen LogP contribution in [-0.4, -0.2) is 18.7 Å². The average Bonchev–Trinajstić information content (AvgIpc) is 2.28. The zero-order chi connectivity index (χ0) is 11.8. The highest BCUT2D eigenvalue weighted by Crippen LogP contribution is 2.14. The molecule has 1 rings (SSSR count). The van der Waals surface area contributed by atoms with Gasteiger partial charge in [0, 0.05) is 30.3 Å². The molecule has 0 unspecified atom stereocenters. The fourth-order valence-corrected chi connectivity index (χ4v) is 1.63. The van der Waals surface area contributed by atoms with E-state index in [1.54, 1.807) is 11.8 Å². The fourth-order valence-electron chi connectivity index (χ4n) is 1.17. The maximum atomic E-state index is 10.6. The number of hydrogen-bond donors (Lipinski definition) is 1. The second-order valence-electron chi connectivity index (χ2n) is 3.27. The van der Waals surface area contributed by atoms with Crippen molar-refractivity contribution in [3.05, 3.63) is 29.8 Å². The number of nitrogens with one attached hydrogen (secondary N) is 1. The molecule has 84 valence electrons. The fraction of sp³-hybridized carbons (Fsp3) is 0.308. The van der Waals surface area contributed by atoms with E-state index in [9.17, 15) is 4.79 Å². The summed E-state index contributed by atoms with van der Waals surface area (Å²) in [4.78, 5) is 11.8. The van der Waals surface area contributed by atoms with E-state index >= 15 is 0 Å². The highest BCUT2D eigenvalue weighted by atomic mass is 32.2. The molecule has 1 amide bonds. The molecule has 0 aliphatic heterocycles. The van der Waals surface area contributed by atoms with Crippen LogP contribution in [0.1, 0.15) is 18.9 Å². The van der Waals surface area contributed by atoms with Crippen LogP contribution in [0.2, 0.25) is 0 Å². The molecule has 0 saturated heterocycles.